The summed E-state index contributed by atoms with van der Waals surface area (Å²) in [6.07, 6.45) is -20.3. The summed E-state index contributed by atoms with van der Waals surface area (Å²) in [5, 5.41) is 116. The van der Waals surface area contributed by atoms with Gasteiger partial charge in [-0.3, -0.25) is 4.90 Å². The zero-order valence-electron chi connectivity index (χ0n) is 54.6. The van der Waals surface area contributed by atoms with Gasteiger partial charge in [0.1, 0.15) is 66.6 Å². The van der Waals surface area contributed by atoms with Gasteiger partial charge in [0.2, 0.25) is 0 Å². The Morgan fingerprint density at radius 3 is 0.895 bits per heavy atom. The maximum absolute atomic E-state index is 12.7. The molecule has 95 heavy (non-hydrogen) atoms. The number of alkyl carbamates (subject to hydrolysis) is 1. The molecule has 6 unspecified atom stereocenters. The molecule has 0 aliphatic carbocycles. The number of rotatable bonds is 51. The summed E-state index contributed by atoms with van der Waals surface area (Å²) in [5.74, 6) is 0. The van der Waals surface area contributed by atoms with E-state index in [0.717, 1.165) is 27.8 Å². The molecular formula is C70H102N2O23. The molecule has 14 atom stereocenters. The van der Waals surface area contributed by atoms with Gasteiger partial charge in [-0.1, -0.05) is 152 Å². The highest BCUT2D eigenvalue weighted by molar-refractivity contribution is 5.67. The van der Waals surface area contributed by atoms with E-state index in [1.807, 2.05) is 152 Å². The van der Waals surface area contributed by atoms with Crippen molar-refractivity contribution in [2.75, 3.05) is 105 Å². The standard InChI is InChI=1S/C70H102N2O23/c1-70(2,3)95-69(84)71-29-56(90-35-50-19-9-4-10-20-50)41-86-43-58(92-37-52-23-13-6-14-24-52)45-88-47-60(94-39-54-27-17-8-18-28-54)49-89-48-59(93-38-53-25-15-7-16-26-53)46-87-44-57(91-36-51-21-11-5-12-22-51)42-85-40-55(75)30-72(31-61(76)65(80)67(82)63(78)33-73)32-62(77)66(81)68(83)64(79)34-74/h4-28,55-68,73-83H,29-49H2,1-3H3,(H,71,84)/t55?,56?,57?,58?,59?,60?,61-,62-,63+,64+,65+,66+,67+,68+/m0/s1. The van der Waals surface area contributed by atoms with E-state index in [1.165, 1.54) is 4.90 Å². The topological polar surface area (TPSA) is 356 Å². The third kappa shape index (κ3) is 34.0. The summed E-state index contributed by atoms with van der Waals surface area (Å²) in [6.45, 7) is 3.48. The van der Waals surface area contributed by atoms with Gasteiger partial charge in [-0.15, -0.1) is 0 Å². The van der Waals surface area contributed by atoms with Crippen LogP contribution in [0.4, 0.5) is 4.79 Å². The first-order chi connectivity index (χ1) is 45.8. The van der Waals surface area contributed by atoms with Crippen LogP contribution in [0.3, 0.4) is 0 Å². The molecule has 25 nitrogen and oxygen atoms in total. The highest BCUT2D eigenvalue weighted by Gasteiger charge is 2.35. The van der Waals surface area contributed by atoms with Crippen molar-refractivity contribution in [1.82, 2.24) is 10.2 Å². The first-order valence-corrected chi connectivity index (χ1v) is 32.0. The number of nitrogens with zero attached hydrogens (tertiary/aromatic N) is 1. The van der Waals surface area contributed by atoms with Crippen LogP contribution in [0.25, 0.3) is 0 Å². The predicted octanol–water partition coefficient (Wildman–Crippen LogP) is 2.06. The molecule has 0 fully saturated rings. The first-order valence-electron chi connectivity index (χ1n) is 32.0. The number of ether oxygens (including phenoxy) is 11. The van der Waals surface area contributed by atoms with Crippen LogP contribution >= 0.6 is 0 Å². The molecule has 5 aromatic carbocycles. The Labute approximate surface area is 557 Å². The fourth-order valence-electron chi connectivity index (χ4n) is 9.30. The van der Waals surface area contributed by atoms with Crippen molar-refractivity contribution in [3.8, 4) is 0 Å². The number of amides is 1. The maximum Gasteiger partial charge on any atom is 0.407 e. The minimum absolute atomic E-state index is 0.0172. The molecule has 1 amide bonds. The third-order valence-electron chi connectivity index (χ3n) is 14.6. The Kier molecular flexibility index (Phi) is 38.7. The number of hydrogen-bond acceptors (Lipinski definition) is 24. The van der Waals surface area contributed by atoms with E-state index < -0.39 is 130 Å². The van der Waals surface area contributed by atoms with Gasteiger partial charge in [0.15, 0.2) is 0 Å². The van der Waals surface area contributed by atoms with E-state index in [-0.39, 0.29) is 99.0 Å². The van der Waals surface area contributed by atoms with Crippen molar-refractivity contribution in [2.24, 2.45) is 0 Å². The Morgan fingerprint density at radius 1 is 0.368 bits per heavy atom. The first kappa shape index (κ1) is 80.2. The molecule has 0 aliphatic rings. The van der Waals surface area contributed by atoms with Crippen LogP contribution in [0.5, 0.6) is 0 Å². The Bertz CT molecular complexity index is 2670. The molecule has 0 saturated heterocycles. The monoisotopic (exact) mass is 1340 g/mol. The summed E-state index contributed by atoms with van der Waals surface area (Å²) >= 11 is 0. The number of benzene rings is 5. The minimum Gasteiger partial charge on any atom is -0.444 e. The SMILES string of the molecule is CC(C)(C)OC(=O)NCC(COCC(COCC(COCC(COCC(COCC(O)CN(C[C@H](O)[C@@H](O)[C@H](O)[C@H](O)CO)C[C@H](O)[C@@H](O)[C@H](O)[C@H](O)CO)OCc1ccccc1)OCc1ccccc1)OCc1ccccc1)OCc1ccccc1)OCc1ccccc1. The number of carbonyl (C=O) groups is 1. The third-order valence-corrected chi connectivity index (χ3v) is 14.6. The Balaban J connectivity index is 1.24. The van der Waals surface area contributed by atoms with Crippen molar-refractivity contribution in [1.29, 1.82) is 0 Å². The Morgan fingerprint density at radius 2 is 0.621 bits per heavy atom. The number of nitrogens with one attached hydrogen (secondary N) is 1. The van der Waals surface area contributed by atoms with Gasteiger partial charge in [0.05, 0.1) is 137 Å². The Hall–Kier alpha value is -5.51. The van der Waals surface area contributed by atoms with Gasteiger partial charge in [0.25, 0.3) is 0 Å². The molecular weight excluding hydrogens is 1240 g/mol. The van der Waals surface area contributed by atoms with Gasteiger partial charge in [-0.25, -0.2) is 4.79 Å². The molecule has 0 bridgehead atoms. The quantitative estimate of drug-likeness (QED) is 0.0265. The van der Waals surface area contributed by atoms with Crippen molar-refractivity contribution in [3.63, 3.8) is 0 Å². The van der Waals surface area contributed by atoms with Crippen molar-refractivity contribution >= 4 is 6.09 Å². The number of carbonyl (C=O) groups excluding carboxylic acids is 1. The van der Waals surface area contributed by atoms with Crippen LogP contribution in [0.1, 0.15) is 48.6 Å². The van der Waals surface area contributed by atoms with Crippen LogP contribution in [-0.4, -0.2) is 264 Å². The number of aliphatic hydroxyl groups excluding tert-OH is 11. The zero-order valence-corrected chi connectivity index (χ0v) is 54.6. The second-order valence-corrected chi connectivity index (χ2v) is 24.1. The van der Waals surface area contributed by atoms with Crippen LogP contribution in [0.2, 0.25) is 0 Å². The smallest absolute Gasteiger partial charge is 0.407 e. The van der Waals surface area contributed by atoms with Crippen LogP contribution < -0.4 is 5.32 Å². The summed E-state index contributed by atoms with van der Waals surface area (Å²) in [7, 11) is 0. The molecule has 0 aromatic heterocycles. The zero-order chi connectivity index (χ0) is 68.6. The van der Waals surface area contributed by atoms with Crippen molar-refractivity contribution < 1.29 is 113 Å². The second kappa shape index (κ2) is 45.9. The van der Waals surface area contributed by atoms with E-state index in [2.05, 4.69) is 5.32 Å². The summed E-state index contributed by atoms with van der Waals surface area (Å²) in [4.78, 5) is 13.8. The van der Waals surface area contributed by atoms with E-state index in [0.29, 0.717) is 6.61 Å². The second-order valence-electron chi connectivity index (χ2n) is 24.1. The van der Waals surface area contributed by atoms with Gasteiger partial charge in [0, 0.05) is 26.2 Å². The van der Waals surface area contributed by atoms with Gasteiger partial charge >= 0.3 is 6.09 Å². The molecule has 0 spiro atoms. The summed E-state index contributed by atoms with van der Waals surface area (Å²) < 4.78 is 68.6. The van der Waals surface area contributed by atoms with Crippen LogP contribution in [0.15, 0.2) is 152 Å². The predicted molar refractivity (Wildman–Crippen MR) is 348 cm³/mol. The van der Waals surface area contributed by atoms with E-state index >= 15 is 0 Å². The highest BCUT2D eigenvalue weighted by Crippen LogP contribution is 2.16. The molecule has 5 rings (SSSR count). The lowest BCUT2D eigenvalue weighted by Gasteiger charge is -2.34. The van der Waals surface area contributed by atoms with Crippen molar-refractivity contribution in [2.45, 2.75) is 145 Å². The molecule has 530 valence electrons. The average molecular weight is 1340 g/mol. The van der Waals surface area contributed by atoms with Gasteiger partial charge < -0.3 is 114 Å². The average Bonchev–Trinajstić information content (AvgIpc) is 1.36. The maximum atomic E-state index is 12.7. The minimum atomic E-state index is -2.02. The van der Waals surface area contributed by atoms with E-state index in [1.54, 1.807) is 20.8 Å². The van der Waals surface area contributed by atoms with Crippen LogP contribution in [0, 0.1) is 0 Å². The fourth-order valence-corrected chi connectivity index (χ4v) is 9.30. The molecule has 12 N–H and O–H groups in total. The lowest BCUT2D eigenvalue weighted by atomic mass is 10.0. The number of aliphatic hydroxyl groups is 11. The molecule has 0 saturated carbocycles. The normalized spacial score (nSPS) is 16.5. The van der Waals surface area contributed by atoms with Crippen molar-refractivity contribution in [3.05, 3.63) is 179 Å². The van der Waals surface area contributed by atoms with E-state index in [4.69, 9.17) is 52.1 Å². The van der Waals surface area contributed by atoms with Crippen LogP contribution in [-0.2, 0) is 85.1 Å². The molecule has 0 heterocycles. The summed E-state index contributed by atoms with van der Waals surface area (Å²) in [6, 6.07) is 48.1. The molecule has 0 aliphatic heterocycles. The lowest BCUT2D eigenvalue weighted by molar-refractivity contribution is -0.134. The lowest BCUT2D eigenvalue weighted by Crippen LogP contribution is -2.54. The molecule has 25 heteroatoms. The summed E-state index contributed by atoms with van der Waals surface area (Å²) in [5.41, 5.74) is 3.94. The molecule has 5 aromatic rings. The highest BCUT2D eigenvalue weighted by atomic mass is 16.6. The van der Waals surface area contributed by atoms with Gasteiger partial charge in [-0.05, 0) is 48.6 Å². The number of hydrogen-bond donors (Lipinski definition) is 12. The van der Waals surface area contributed by atoms with Gasteiger partial charge in [-0.2, -0.15) is 0 Å². The molecule has 0 radical (unpaired) electrons. The van der Waals surface area contributed by atoms with E-state index in [9.17, 15) is 61.0 Å². The largest absolute Gasteiger partial charge is 0.444 e. The fraction of sp³-hybridized carbons (Fsp3) is 0.557.